The van der Waals surface area contributed by atoms with E-state index in [0.717, 1.165) is 16.1 Å². The molecule has 0 radical (unpaired) electrons. The smallest absolute Gasteiger partial charge is 0.264 e. The summed E-state index contributed by atoms with van der Waals surface area (Å²) in [4.78, 5) is 31.3. The second-order valence-corrected chi connectivity index (χ2v) is 9.74. The molecule has 2 amide bonds. The summed E-state index contributed by atoms with van der Waals surface area (Å²) in [5.74, 6) is 0.591. The lowest BCUT2D eigenvalue weighted by atomic mass is 10.1. The first-order valence-electron chi connectivity index (χ1n) is 10.5. The summed E-state index contributed by atoms with van der Waals surface area (Å²) in [6, 6.07) is 17.1. The van der Waals surface area contributed by atoms with Crippen molar-refractivity contribution in [1.82, 2.24) is 4.90 Å². The van der Waals surface area contributed by atoms with Crippen LogP contribution in [-0.2, 0) is 24.3 Å². The summed E-state index contributed by atoms with van der Waals surface area (Å²) < 4.78 is 5.52. The van der Waals surface area contributed by atoms with E-state index in [1.54, 1.807) is 22.5 Å². The first-order chi connectivity index (χ1) is 16.0. The first kappa shape index (κ1) is 22.8. The van der Waals surface area contributed by atoms with E-state index in [1.165, 1.54) is 11.3 Å². The van der Waals surface area contributed by atoms with Crippen LogP contribution < -0.4 is 10.2 Å². The van der Waals surface area contributed by atoms with E-state index >= 15 is 0 Å². The van der Waals surface area contributed by atoms with E-state index < -0.39 is 0 Å². The molecule has 1 N–H and O–H groups in total. The molecule has 33 heavy (non-hydrogen) atoms. The Balaban J connectivity index is 1.58. The van der Waals surface area contributed by atoms with E-state index in [0.29, 0.717) is 35.8 Å². The van der Waals surface area contributed by atoms with Gasteiger partial charge in [-0.15, -0.1) is 22.7 Å². The largest absolute Gasteiger partial charge is 0.467 e. The molecular weight excluding hydrogens is 454 g/mol. The third kappa shape index (κ3) is 5.91. The van der Waals surface area contributed by atoms with E-state index in [2.05, 4.69) is 5.32 Å². The van der Waals surface area contributed by atoms with Crippen molar-refractivity contribution < 1.29 is 14.0 Å². The van der Waals surface area contributed by atoms with Gasteiger partial charge in [0.15, 0.2) is 0 Å². The molecule has 0 unspecified atom stereocenters. The zero-order valence-electron chi connectivity index (χ0n) is 18.5. The van der Waals surface area contributed by atoms with Gasteiger partial charge in [0.05, 0.1) is 24.1 Å². The molecule has 0 aliphatic heterocycles. The van der Waals surface area contributed by atoms with Gasteiger partial charge in [0.25, 0.3) is 5.91 Å². The third-order valence-corrected chi connectivity index (χ3v) is 6.80. The minimum Gasteiger partial charge on any atom is -0.467 e. The Labute approximate surface area is 201 Å². The van der Waals surface area contributed by atoms with Gasteiger partial charge in [-0.3, -0.25) is 9.59 Å². The van der Waals surface area contributed by atoms with Gasteiger partial charge in [-0.2, -0.15) is 0 Å². The average molecular weight is 480 g/mol. The molecule has 0 bridgehead atoms. The molecular formula is C25H25N3O3S2. The molecule has 8 heteroatoms. The van der Waals surface area contributed by atoms with Gasteiger partial charge in [-0.1, -0.05) is 12.1 Å². The standard InChI is InChI=1S/C25H25N3O3S2/c1-27(2)22-10-9-19(26-24(29)15-21-7-4-12-32-21)14-18(22)16-28(17-20-6-3-11-31-20)25(30)23-8-5-13-33-23/h3-14H,15-17H2,1-2H3,(H,26,29). The van der Waals surface area contributed by atoms with Crippen LogP contribution >= 0.6 is 22.7 Å². The van der Waals surface area contributed by atoms with Gasteiger partial charge in [-0.05, 0) is 58.8 Å². The molecule has 0 aliphatic rings. The van der Waals surface area contributed by atoms with Crippen molar-refractivity contribution in [3.05, 3.63) is 92.7 Å². The summed E-state index contributed by atoms with van der Waals surface area (Å²) in [5.41, 5.74) is 2.62. The Bertz CT molecular complexity index is 1180. The molecule has 0 fully saturated rings. The molecule has 0 atom stereocenters. The lowest BCUT2D eigenvalue weighted by Gasteiger charge is -2.25. The number of carbonyl (C=O) groups excluding carboxylic acids is 2. The number of hydrogen-bond donors (Lipinski definition) is 1. The minimum absolute atomic E-state index is 0.0572. The van der Waals surface area contributed by atoms with Gasteiger partial charge >= 0.3 is 0 Å². The Morgan fingerprint density at radius 2 is 1.79 bits per heavy atom. The van der Waals surface area contributed by atoms with Crippen LogP contribution in [0.1, 0.15) is 25.9 Å². The Morgan fingerprint density at radius 1 is 0.970 bits per heavy atom. The number of furan rings is 1. The fourth-order valence-electron chi connectivity index (χ4n) is 3.55. The van der Waals surface area contributed by atoms with Crippen molar-refractivity contribution in [2.75, 3.05) is 24.3 Å². The average Bonchev–Trinajstić information content (AvgIpc) is 3.56. The maximum absolute atomic E-state index is 13.3. The molecule has 0 saturated heterocycles. The molecule has 170 valence electrons. The molecule has 3 heterocycles. The molecule has 0 aliphatic carbocycles. The van der Waals surface area contributed by atoms with Crippen molar-refractivity contribution in [3.63, 3.8) is 0 Å². The maximum Gasteiger partial charge on any atom is 0.264 e. The van der Waals surface area contributed by atoms with Crippen molar-refractivity contribution in [1.29, 1.82) is 0 Å². The zero-order chi connectivity index (χ0) is 23.2. The maximum atomic E-state index is 13.3. The van der Waals surface area contributed by atoms with E-state index in [-0.39, 0.29) is 11.8 Å². The third-order valence-electron chi connectivity index (χ3n) is 5.07. The van der Waals surface area contributed by atoms with E-state index in [1.807, 2.05) is 84.4 Å². The van der Waals surface area contributed by atoms with Crippen LogP contribution in [0.15, 0.2) is 76.0 Å². The Morgan fingerprint density at radius 3 is 2.45 bits per heavy atom. The SMILES string of the molecule is CN(C)c1ccc(NC(=O)Cc2cccs2)cc1CN(Cc1ccco1)C(=O)c1cccs1. The summed E-state index contributed by atoms with van der Waals surface area (Å²) in [6.07, 6.45) is 1.95. The second kappa shape index (κ2) is 10.5. The number of rotatable bonds is 9. The monoisotopic (exact) mass is 479 g/mol. The summed E-state index contributed by atoms with van der Waals surface area (Å²) in [5, 5.41) is 6.85. The van der Waals surface area contributed by atoms with Crippen LogP contribution in [0.3, 0.4) is 0 Å². The lowest BCUT2D eigenvalue weighted by Crippen LogP contribution is -2.30. The van der Waals surface area contributed by atoms with Crippen molar-refractivity contribution in [2.24, 2.45) is 0 Å². The highest BCUT2D eigenvalue weighted by Crippen LogP contribution is 2.27. The quantitative estimate of drug-likeness (QED) is 0.345. The van der Waals surface area contributed by atoms with Crippen LogP contribution in [0.2, 0.25) is 0 Å². The Hall–Kier alpha value is -3.36. The summed E-state index contributed by atoms with van der Waals surface area (Å²) >= 11 is 2.98. The number of hydrogen-bond acceptors (Lipinski definition) is 6. The van der Waals surface area contributed by atoms with Crippen LogP contribution in [0.25, 0.3) is 0 Å². The van der Waals surface area contributed by atoms with Gasteiger partial charge in [0.1, 0.15) is 5.76 Å². The number of nitrogens with zero attached hydrogens (tertiary/aromatic N) is 2. The highest BCUT2D eigenvalue weighted by atomic mass is 32.1. The van der Waals surface area contributed by atoms with Crippen LogP contribution in [0.5, 0.6) is 0 Å². The topological polar surface area (TPSA) is 65.8 Å². The number of thiophene rings is 2. The predicted octanol–water partition coefficient (Wildman–Crippen LogP) is 5.49. The molecule has 4 aromatic rings. The van der Waals surface area contributed by atoms with Crippen LogP contribution in [0, 0.1) is 0 Å². The number of carbonyl (C=O) groups is 2. The highest BCUT2D eigenvalue weighted by Gasteiger charge is 2.21. The second-order valence-electron chi connectivity index (χ2n) is 7.76. The fourth-order valence-corrected chi connectivity index (χ4v) is 4.95. The molecule has 0 saturated carbocycles. The molecule has 1 aromatic carbocycles. The van der Waals surface area contributed by atoms with Crippen LogP contribution in [-0.4, -0.2) is 30.8 Å². The summed E-state index contributed by atoms with van der Waals surface area (Å²) in [7, 11) is 3.93. The first-order valence-corrected chi connectivity index (χ1v) is 12.2. The van der Waals surface area contributed by atoms with E-state index in [9.17, 15) is 9.59 Å². The van der Waals surface area contributed by atoms with Gasteiger partial charge in [0, 0.05) is 36.9 Å². The van der Waals surface area contributed by atoms with Crippen molar-refractivity contribution in [3.8, 4) is 0 Å². The number of amides is 2. The number of nitrogens with one attached hydrogen (secondary N) is 1. The summed E-state index contributed by atoms with van der Waals surface area (Å²) in [6.45, 7) is 0.727. The predicted molar refractivity (Wildman–Crippen MR) is 134 cm³/mol. The number of anilines is 2. The van der Waals surface area contributed by atoms with E-state index in [4.69, 9.17) is 4.42 Å². The lowest BCUT2D eigenvalue weighted by molar-refractivity contribution is -0.115. The highest BCUT2D eigenvalue weighted by molar-refractivity contribution is 7.12. The minimum atomic E-state index is -0.0666. The number of benzene rings is 1. The zero-order valence-corrected chi connectivity index (χ0v) is 20.1. The fraction of sp³-hybridized carbons (Fsp3) is 0.200. The normalized spacial score (nSPS) is 10.7. The van der Waals surface area contributed by atoms with Crippen LogP contribution in [0.4, 0.5) is 11.4 Å². The van der Waals surface area contributed by atoms with Gasteiger partial charge in [0.2, 0.25) is 5.91 Å². The molecule has 3 aromatic heterocycles. The van der Waals surface area contributed by atoms with Crippen molar-refractivity contribution in [2.45, 2.75) is 19.5 Å². The van der Waals surface area contributed by atoms with Crippen molar-refractivity contribution >= 4 is 45.9 Å². The Kier molecular flexibility index (Phi) is 7.26. The molecule has 0 spiro atoms. The molecule has 4 rings (SSSR count). The molecule has 6 nitrogen and oxygen atoms in total. The van der Waals surface area contributed by atoms with Gasteiger partial charge in [-0.25, -0.2) is 0 Å². The van der Waals surface area contributed by atoms with Gasteiger partial charge < -0.3 is 19.5 Å².